The van der Waals surface area contributed by atoms with Gasteiger partial charge in [0.15, 0.2) is 0 Å². The first kappa shape index (κ1) is 24.3. The van der Waals surface area contributed by atoms with Gasteiger partial charge < -0.3 is 10.4 Å². The molecule has 0 aliphatic heterocycles. The average molecular weight is 235 g/mol. The monoisotopic (exact) mass is 235 g/mol. The Morgan fingerprint density at radius 1 is 1.31 bits per heavy atom. The summed E-state index contributed by atoms with van der Waals surface area (Å²) in [7, 11) is 1.56. The molecule has 16 heavy (non-hydrogen) atoms. The number of carbonyl (C=O) groups excluding carboxylic acids is 1. The van der Waals surface area contributed by atoms with Gasteiger partial charge in [0.25, 0.3) is 0 Å². The summed E-state index contributed by atoms with van der Waals surface area (Å²) in [5.74, 6) is 0.123. The van der Waals surface area contributed by atoms with E-state index in [1.54, 1.807) is 7.05 Å². The molecule has 0 radical (unpaired) electrons. The summed E-state index contributed by atoms with van der Waals surface area (Å²) in [5, 5.41) is 10.2. The lowest BCUT2D eigenvalue weighted by Gasteiger charge is -1.79. The number of hydrogen-bond donors (Lipinski definition) is 2. The third-order valence-corrected chi connectivity index (χ3v) is 0.582. The van der Waals surface area contributed by atoms with Gasteiger partial charge in [0.1, 0.15) is 0 Å². The maximum atomic E-state index is 9.60. The van der Waals surface area contributed by atoms with Gasteiger partial charge in [0, 0.05) is 13.5 Å². The summed E-state index contributed by atoms with van der Waals surface area (Å²) in [4.78, 5) is 18.7. The summed E-state index contributed by atoms with van der Waals surface area (Å²) in [6, 6.07) is 0. The first-order valence-corrected chi connectivity index (χ1v) is 5.74. The number of aliphatic carboxylic acids is 1. The molecule has 1 amide bonds. The topological polar surface area (TPSA) is 66.4 Å². The molecule has 4 heteroatoms. The van der Waals surface area contributed by atoms with Gasteiger partial charge in [-0.1, -0.05) is 41.5 Å². The van der Waals surface area contributed by atoms with Gasteiger partial charge in [0.2, 0.25) is 6.41 Å². The molecule has 0 aromatic heterocycles. The van der Waals surface area contributed by atoms with Crippen molar-refractivity contribution in [2.24, 2.45) is 5.92 Å². The molecule has 2 N–H and O–H groups in total. The largest absolute Gasteiger partial charge is 0.481 e. The van der Waals surface area contributed by atoms with Crippen LogP contribution in [0.15, 0.2) is 0 Å². The minimum absolute atomic E-state index is 0.292. The maximum absolute atomic E-state index is 9.60. The minimum atomic E-state index is -0.711. The molecule has 0 bridgehead atoms. The smallest absolute Gasteiger partial charge is 0.303 e. The Morgan fingerprint density at radius 2 is 1.56 bits per heavy atom. The lowest BCUT2D eigenvalue weighted by atomic mass is 10.3. The summed E-state index contributed by atoms with van der Waals surface area (Å²) in [6.07, 6.45) is 1.65. The highest BCUT2D eigenvalue weighted by Gasteiger charge is 1.87. The Hall–Kier alpha value is -1.06. The standard InChI is InChI=1S/C4H8O2.C4H10.C2H5NO.C2H6/c1-2-3-4(5)6;1-4(2)3;1-3-2-4;1-2/h2-3H2,1H3,(H,5,6);4H,1-3H3;2H,1H3,(H,3,4);1-2H3. The highest BCUT2D eigenvalue weighted by atomic mass is 16.4. The predicted molar refractivity (Wildman–Crippen MR) is 69.5 cm³/mol. The minimum Gasteiger partial charge on any atom is -0.481 e. The van der Waals surface area contributed by atoms with Crippen molar-refractivity contribution in [3.8, 4) is 0 Å². The highest BCUT2D eigenvalue weighted by molar-refractivity contribution is 5.66. The first-order valence-electron chi connectivity index (χ1n) is 5.74. The number of carbonyl (C=O) groups is 2. The van der Waals surface area contributed by atoms with Crippen molar-refractivity contribution in [1.29, 1.82) is 0 Å². The number of rotatable bonds is 3. The fourth-order valence-electron chi connectivity index (χ4n) is 0.214. The van der Waals surface area contributed by atoms with Gasteiger partial charge >= 0.3 is 5.97 Å². The quantitative estimate of drug-likeness (QED) is 0.739. The third-order valence-electron chi connectivity index (χ3n) is 0.582. The Kier molecular flexibility index (Phi) is 44.3. The lowest BCUT2D eigenvalue weighted by Crippen LogP contribution is -1.98. The number of hydrogen-bond acceptors (Lipinski definition) is 2. The zero-order chi connectivity index (χ0) is 14.0. The van der Waals surface area contributed by atoms with Crippen LogP contribution in [0.1, 0.15) is 54.4 Å². The predicted octanol–water partition coefficient (Wildman–Crippen LogP) is 2.92. The number of carboxylic acid groups (broad SMARTS) is 1. The SMILES string of the molecule is CC.CC(C)C.CCCC(=O)O.CNC=O. The van der Waals surface area contributed by atoms with Crippen molar-refractivity contribution in [1.82, 2.24) is 5.32 Å². The molecule has 0 aliphatic rings. The molecular formula is C12H29NO3. The highest BCUT2D eigenvalue weighted by Crippen LogP contribution is 1.82. The molecule has 0 aromatic carbocycles. The number of amides is 1. The zero-order valence-electron chi connectivity index (χ0n) is 11.8. The van der Waals surface area contributed by atoms with Crippen LogP contribution in [0.5, 0.6) is 0 Å². The lowest BCUT2D eigenvalue weighted by molar-refractivity contribution is -0.137. The van der Waals surface area contributed by atoms with Crippen LogP contribution in [-0.2, 0) is 9.59 Å². The molecule has 0 unspecified atom stereocenters. The summed E-state index contributed by atoms with van der Waals surface area (Å²) >= 11 is 0. The summed E-state index contributed by atoms with van der Waals surface area (Å²) < 4.78 is 0. The molecule has 0 atom stereocenters. The summed E-state index contributed by atoms with van der Waals surface area (Å²) in [5.41, 5.74) is 0. The summed E-state index contributed by atoms with van der Waals surface area (Å²) in [6.45, 7) is 12.3. The normalized spacial score (nSPS) is 7.00. The second-order valence-electron chi connectivity index (χ2n) is 3.28. The molecule has 100 valence electrons. The van der Waals surface area contributed by atoms with Crippen LogP contribution >= 0.6 is 0 Å². The number of nitrogens with one attached hydrogen (secondary N) is 1. The van der Waals surface area contributed by atoms with E-state index in [2.05, 4.69) is 26.1 Å². The Labute approximate surface area is 100 Å². The van der Waals surface area contributed by atoms with E-state index in [9.17, 15) is 4.79 Å². The Balaban J connectivity index is -0.0000000643. The van der Waals surface area contributed by atoms with Crippen LogP contribution in [0.25, 0.3) is 0 Å². The van der Waals surface area contributed by atoms with Crippen molar-refractivity contribution in [3.05, 3.63) is 0 Å². The maximum Gasteiger partial charge on any atom is 0.303 e. The second-order valence-corrected chi connectivity index (χ2v) is 3.28. The molecule has 0 aliphatic carbocycles. The first-order chi connectivity index (χ1) is 7.42. The molecule has 0 aromatic rings. The van der Waals surface area contributed by atoms with Crippen molar-refractivity contribution in [2.45, 2.75) is 54.4 Å². The molecule has 4 nitrogen and oxygen atoms in total. The van der Waals surface area contributed by atoms with E-state index in [1.807, 2.05) is 20.8 Å². The van der Waals surface area contributed by atoms with Gasteiger partial charge in [-0.15, -0.1) is 0 Å². The van der Waals surface area contributed by atoms with Crippen LogP contribution in [-0.4, -0.2) is 24.5 Å². The second kappa shape index (κ2) is 29.2. The van der Waals surface area contributed by atoms with Crippen LogP contribution in [0, 0.1) is 5.92 Å². The molecule has 0 heterocycles. The van der Waals surface area contributed by atoms with Crippen LogP contribution in [0.3, 0.4) is 0 Å². The van der Waals surface area contributed by atoms with E-state index in [0.717, 1.165) is 12.3 Å². The van der Waals surface area contributed by atoms with E-state index in [-0.39, 0.29) is 0 Å². The molecule has 0 saturated carbocycles. The van der Waals surface area contributed by atoms with Crippen molar-refractivity contribution in [3.63, 3.8) is 0 Å². The van der Waals surface area contributed by atoms with Crippen LogP contribution in [0.2, 0.25) is 0 Å². The van der Waals surface area contributed by atoms with E-state index < -0.39 is 5.97 Å². The van der Waals surface area contributed by atoms with Crippen molar-refractivity contribution < 1.29 is 14.7 Å². The molecule has 0 spiro atoms. The number of carboxylic acids is 1. The van der Waals surface area contributed by atoms with Crippen LogP contribution in [0.4, 0.5) is 0 Å². The van der Waals surface area contributed by atoms with Gasteiger partial charge in [-0.25, -0.2) is 0 Å². The van der Waals surface area contributed by atoms with Gasteiger partial charge in [-0.2, -0.15) is 0 Å². The van der Waals surface area contributed by atoms with Crippen molar-refractivity contribution in [2.75, 3.05) is 7.05 Å². The molecule has 0 fully saturated rings. The molecular weight excluding hydrogens is 206 g/mol. The fraction of sp³-hybridized carbons (Fsp3) is 0.833. The van der Waals surface area contributed by atoms with E-state index in [0.29, 0.717) is 12.8 Å². The molecule has 0 rings (SSSR count). The fourth-order valence-corrected chi connectivity index (χ4v) is 0.214. The van der Waals surface area contributed by atoms with E-state index in [4.69, 9.17) is 9.90 Å². The Morgan fingerprint density at radius 3 is 1.56 bits per heavy atom. The Bertz CT molecular complexity index is 123. The average Bonchev–Trinajstić information content (AvgIpc) is 2.20. The zero-order valence-corrected chi connectivity index (χ0v) is 11.8. The van der Waals surface area contributed by atoms with Crippen LogP contribution < -0.4 is 5.32 Å². The van der Waals surface area contributed by atoms with E-state index in [1.165, 1.54) is 0 Å². The van der Waals surface area contributed by atoms with Crippen molar-refractivity contribution >= 4 is 12.4 Å². The van der Waals surface area contributed by atoms with Gasteiger partial charge in [-0.05, 0) is 12.3 Å². The van der Waals surface area contributed by atoms with E-state index >= 15 is 0 Å². The molecule has 0 saturated heterocycles. The van der Waals surface area contributed by atoms with Gasteiger partial charge in [0.05, 0.1) is 0 Å². The van der Waals surface area contributed by atoms with Gasteiger partial charge in [-0.3, -0.25) is 9.59 Å². The third kappa shape index (κ3) is 213.